The van der Waals surface area contributed by atoms with Crippen molar-refractivity contribution < 1.29 is 19.4 Å². The number of esters is 1. The zero-order valence-corrected chi connectivity index (χ0v) is 14.0. The van der Waals surface area contributed by atoms with E-state index in [0.29, 0.717) is 23.3 Å². The maximum atomic E-state index is 12.7. The fourth-order valence-corrected chi connectivity index (χ4v) is 5.42. The van der Waals surface area contributed by atoms with Gasteiger partial charge in [-0.2, -0.15) is 0 Å². The van der Waals surface area contributed by atoms with Crippen molar-refractivity contribution in [2.45, 2.75) is 56.7 Å². The van der Waals surface area contributed by atoms with Crippen molar-refractivity contribution in [3.05, 3.63) is 35.9 Å². The second-order valence-corrected chi connectivity index (χ2v) is 8.26. The predicted octanol–water partition coefficient (Wildman–Crippen LogP) is 3.13. The minimum absolute atomic E-state index is 0.324. The molecule has 4 nitrogen and oxygen atoms in total. The normalized spacial score (nSPS) is 36.2. The van der Waals surface area contributed by atoms with Crippen molar-refractivity contribution in [1.82, 2.24) is 0 Å². The molecule has 0 radical (unpaired) electrons. The maximum absolute atomic E-state index is 12.7. The topological polar surface area (TPSA) is 63.6 Å². The number of hydrogen-bond acceptors (Lipinski definition) is 4. The molecule has 0 aromatic heterocycles. The summed E-state index contributed by atoms with van der Waals surface area (Å²) >= 11 is 0. The third-order valence-electron chi connectivity index (χ3n) is 6.17. The molecule has 24 heavy (non-hydrogen) atoms. The summed E-state index contributed by atoms with van der Waals surface area (Å²) < 4.78 is 5.85. The molecule has 1 atom stereocenters. The lowest BCUT2D eigenvalue weighted by molar-refractivity contribution is -0.199. The van der Waals surface area contributed by atoms with Gasteiger partial charge in [-0.15, -0.1) is 0 Å². The van der Waals surface area contributed by atoms with E-state index in [1.54, 1.807) is 30.3 Å². The minimum Gasteiger partial charge on any atom is -0.457 e. The van der Waals surface area contributed by atoms with Gasteiger partial charge in [0.1, 0.15) is 5.60 Å². The molecular weight excluding hydrogens is 304 g/mol. The Balaban J connectivity index is 1.52. The van der Waals surface area contributed by atoms with Crippen LogP contribution in [0.2, 0.25) is 0 Å². The molecule has 0 amide bonds. The highest BCUT2D eigenvalue weighted by atomic mass is 16.6. The Morgan fingerprint density at radius 3 is 2.04 bits per heavy atom. The van der Waals surface area contributed by atoms with E-state index in [4.69, 9.17) is 4.74 Å². The number of carbonyl (C=O) groups excluding carboxylic acids is 2. The van der Waals surface area contributed by atoms with Crippen molar-refractivity contribution in [3.8, 4) is 0 Å². The van der Waals surface area contributed by atoms with Crippen molar-refractivity contribution in [2.24, 2.45) is 17.8 Å². The van der Waals surface area contributed by atoms with Crippen LogP contribution in [0.5, 0.6) is 0 Å². The number of ketones is 1. The van der Waals surface area contributed by atoms with Crippen LogP contribution in [0.4, 0.5) is 0 Å². The zero-order valence-electron chi connectivity index (χ0n) is 14.0. The number of rotatable bonds is 4. The Morgan fingerprint density at radius 1 is 1.04 bits per heavy atom. The molecule has 128 valence electrons. The van der Waals surface area contributed by atoms with Gasteiger partial charge in [-0.25, -0.2) is 4.79 Å². The molecular formula is C20H24O4. The van der Waals surface area contributed by atoms with Crippen LogP contribution in [0.1, 0.15) is 55.8 Å². The fraction of sp³-hybridized carbons (Fsp3) is 0.600. The quantitative estimate of drug-likeness (QED) is 0.524. The van der Waals surface area contributed by atoms with E-state index in [1.165, 1.54) is 26.2 Å². The van der Waals surface area contributed by atoms with E-state index in [2.05, 4.69) is 0 Å². The highest BCUT2D eigenvalue weighted by molar-refractivity contribution is 6.14. The van der Waals surface area contributed by atoms with E-state index >= 15 is 0 Å². The van der Waals surface area contributed by atoms with Gasteiger partial charge in [-0.05, 0) is 63.2 Å². The van der Waals surface area contributed by atoms with E-state index in [0.717, 1.165) is 19.3 Å². The molecule has 4 fully saturated rings. The van der Waals surface area contributed by atoms with E-state index in [1.807, 2.05) is 0 Å². The summed E-state index contributed by atoms with van der Waals surface area (Å²) in [4.78, 5) is 25.2. The lowest BCUT2D eigenvalue weighted by Crippen LogP contribution is -2.56. The number of hydrogen-bond donors (Lipinski definition) is 1. The van der Waals surface area contributed by atoms with Gasteiger partial charge in [0.25, 0.3) is 0 Å². The smallest absolute Gasteiger partial charge is 0.346 e. The average Bonchev–Trinajstić information content (AvgIpc) is 2.53. The van der Waals surface area contributed by atoms with Crippen LogP contribution in [0.25, 0.3) is 0 Å². The van der Waals surface area contributed by atoms with Crippen LogP contribution in [-0.4, -0.2) is 28.1 Å². The summed E-state index contributed by atoms with van der Waals surface area (Å²) in [5, 5.41) is 10.6. The summed E-state index contributed by atoms with van der Waals surface area (Å²) in [6.45, 7) is 1.26. The first-order valence-corrected chi connectivity index (χ1v) is 8.94. The number of benzene rings is 1. The van der Waals surface area contributed by atoms with Crippen molar-refractivity contribution in [3.63, 3.8) is 0 Å². The van der Waals surface area contributed by atoms with Gasteiger partial charge in [0.05, 0.1) is 0 Å². The summed E-state index contributed by atoms with van der Waals surface area (Å²) in [5.74, 6) is 0.521. The lowest BCUT2D eigenvalue weighted by atomic mass is 9.54. The molecule has 4 saturated carbocycles. The first-order chi connectivity index (χ1) is 11.4. The highest BCUT2D eigenvalue weighted by Gasteiger charge is 2.55. The molecule has 5 rings (SSSR count). The number of Topliss-reactive ketones (excluding diaryl/α,β-unsaturated/α-hetero) is 1. The lowest BCUT2D eigenvalue weighted by Gasteiger charge is -2.56. The summed E-state index contributed by atoms with van der Waals surface area (Å²) in [5.41, 5.74) is -2.26. The third-order valence-corrected chi connectivity index (χ3v) is 6.17. The van der Waals surface area contributed by atoms with Gasteiger partial charge in [0.15, 0.2) is 0 Å². The number of carbonyl (C=O) groups is 2. The molecule has 0 spiro atoms. The van der Waals surface area contributed by atoms with Gasteiger partial charge >= 0.3 is 5.97 Å². The average molecular weight is 328 g/mol. The molecule has 4 aliphatic rings. The minimum atomic E-state index is -2.13. The van der Waals surface area contributed by atoms with E-state index in [-0.39, 0.29) is 0 Å². The van der Waals surface area contributed by atoms with E-state index < -0.39 is 23.0 Å². The summed E-state index contributed by atoms with van der Waals surface area (Å²) in [6, 6.07) is 8.43. The summed E-state index contributed by atoms with van der Waals surface area (Å²) in [7, 11) is 0. The predicted molar refractivity (Wildman–Crippen MR) is 88.4 cm³/mol. The van der Waals surface area contributed by atoms with Gasteiger partial charge in [0.2, 0.25) is 11.4 Å². The van der Waals surface area contributed by atoms with Crippen molar-refractivity contribution in [2.75, 3.05) is 0 Å². The van der Waals surface area contributed by atoms with Crippen LogP contribution in [-0.2, 0) is 9.53 Å². The van der Waals surface area contributed by atoms with E-state index in [9.17, 15) is 14.7 Å². The Morgan fingerprint density at radius 2 is 1.54 bits per heavy atom. The molecule has 4 heteroatoms. The third kappa shape index (κ3) is 2.57. The molecule has 4 bridgehead atoms. The SMILES string of the molecule is CC(O)(C(=O)OC12CC3CC(CC(C3)C1)C2)C(=O)c1ccccc1. The zero-order chi connectivity index (χ0) is 16.9. The first kappa shape index (κ1) is 15.8. The molecule has 1 aromatic rings. The van der Waals surface area contributed by atoms with Crippen LogP contribution < -0.4 is 0 Å². The molecule has 1 unspecified atom stereocenters. The second kappa shape index (κ2) is 5.41. The molecule has 0 heterocycles. The van der Waals surface area contributed by atoms with Crippen LogP contribution >= 0.6 is 0 Å². The highest BCUT2D eigenvalue weighted by Crippen LogP contribution is 2.57. The molecule has 1 aromatic carbocycles. The second-order valence-electron chi connectivity index (χ2n) is 8.26. The van der Waals surface area contributed by atoms with Gasteiger partial charge in [0, 0.05) is 5.56 Å². The van der Waals surface area contributed by atoms with Crippen molar-refractivity contribution >= 4 is 11.8 Å². The standard InChI is InChI=1S/C20H24O4/c1-19(23,17(21)16-5-3-2-4-6-16)18(22)24-20-10-13-7-14(11-20)9-15(8-13)12-20/h2-6,13-15,23H,7-12H2,1H3. The largest absolute Gasteiger partial charge is 0.457 e. The fourth-order valence-electron chi connectivity index (χ4n) is 5.42. The molecule has 0 aliphatic heterocycles. The van der Waals surface area contributed by atoms with Crippen LogP contribution in [0, 0.1) is 17.8 Å². The first-order valence-electron chi connectivity index (χ1n) is 8.94. The number of ether oxygens (including phenoxy) is 1. The number of aliphatic hydroxyl groups is 1. The monoisotopic (exact) mass is 328 g/mol. The Labute approximate surface area is 142 Å². The Bertz CT molecular complexity index is 626. The molecule has 0 saturated heterocycles. The Hall–Kier alpha value is -1.68. The molecule has 1 N–H and O–H groups in total. The van der Waals surface area contributed by atoms with Crippen LogP contribution in [0.3, 0.4) is 0 Å². The van der Waals surface area contributed by atoms with Gasteiger partial charge in [-0.3, -0.25) is 4.79 Å². The summed E-state index contributed by atoms with van der Waals surface area (Å²) in [6.07, 6.45) is 6.41. The Kier molecular flexibility index (Phi) is 3.57. The maximum Gasteiger partial charge on any atom is 0.346 e. The molecule has 4 aliphatic carbocycles. The van der Waals surface area contributed by atoms with Crippen LogP contribution in [0.15, 0.2) is 30.3 Å². The van der Waals surface area contributed by atoms with Gasteiger partial charge in [-0.1, -0.05) is 30.3 Å². The van der Waals surface area contributed by atoms with Gasteiger partial charge < -0.3 is 9.84 Å². The van der Waals surface area contributed by atoms with Crippen molar-refractivity contribution in [1.29, 1.82) is 0 Å².